The summed E-state index contributed by atoms with van der Waals surface area (Å²) in [4.78, 5) is 24.8. The van der Waals surface area contributed by atoms with Gasteiger partial charge in [0.1, 0.15) is 6.04 Å². The predicted molar refractivity (Wildman–Crippen MR) is 71.1 cm³/mol. The molecule has 4 nitrogen and oxygen atoms in total. The normalized spacial score (nSPS) is 19.0. The van der Waals surface area contributed by atoms with Crippen molar-refractivity contribution >= 4 is 40.8 Å². The maximum Gasteiger partial charge on any atom is 0.329 e. The molecule has 94 valence electrons. The number of imide groups is 1. The highest BCUT2D eigenvalue weighted by Crippen LogP contribution is 2.28. The van der Waals surface area contributed by atoms with Crippen LogP contribution in [0.3, 0.4) is 0 Å². The summed E-state index contributed by atoms with van der Waals surface area (Å²) in [6.45, 7) is 3.55. The van der Waals surface area contributed by atoms with E-state index in [1.165, 1.54) is 18.2 Å². The third-order valence-electron chi connectivity index (χ3n) is 2.53. The van der Waals surface area contributed by atoms with E-state index >= 15 is 0 Å². The van der Waals surface area contributed by atoms with Crippen LogP contribution in [0.15, 0.2) is 30.9 Å². The quantitative estimate of drug-likeness (QED) is 0.685. The van der Waals surface area contributed by atoms with Crippen molar-refractivity contribution in [3.05, 3.63) is 40.9 Å². The average Bonchev–Trinajstić information content (AvgIpc) is 2.53. The number of anilines is 1. The number of rotatable bonds is 3. The van der Waals surface area contributed by atoms with Crippen LogP contribution in [0.4, 0.5) is 10.5 Å². The fourth-order valence-corrected chi connectivity index (χ4v) is 2.29. The molecule has 1 aliphatic rings. The van der Waals surface area contributed by atoms with Crippen molar-refractivity contribution in [3.63, 3.8) is 0 Å². The van der Waals surface area contributed by atoms with Crippen molar-refractivity contribution in [2.75, 3.05) is 4.90 Å². The molecule has 6 heteroatoms. The lowest BCUT2D eigenvalue weighted by atomic mass is 10.2. The van der Waals surface area contributed by atoms with Gasteiger partial charge in [0.2, 0.25) is 0 Å². The number of halogens is 2. The molecular formula is C12H10Cl2N2O2. The molecule has 18 heavy (non-hydrogen) atoms. The molecule has 1 aromatic carbocycles. The van der Waals surface area contributed by atoms with Gasteiger partial charge in [0, 0.05) is 10.0 Å². The van der Waals surface area contributed by atoms with E-state index in [1.807, 2.05) is 0 Å². The maximum absolute atomic E-state index is 12.0. The Bertz CT molecular complexity index is 511. The first-order valence-electron chi connectivity index (χ1n) is 5.24. The molecule has 2 rings (SSSR count). The molecule has 1 N–H and O–H groups in total. The summed E-state index contributed by atoms with van der Waals surface area (Å²) in [6.07, 6.45) is 1.96. The van der Waals surface area contributed by atoms with Gasteiger partial charge in [-0.25, -0.2) is 9.69 Å². The van der Waals surface area contributed by atoms with Crippen LogP contribution >= 0.6 is 23.2 Å². The van der Waals surface area contributed by atoms with Gasteiger partial charge >= 0.3 is 6.03 Å². The monoisotopic (exact) mass is 284 g/mol. The lowest BCUT2D eigenvalue weighted by molar-refractivity contribution is -0.118. The van der Waals surface area contributed by atoms with Crippen molar-refractivity contribution in [3.8, 4) is 0 Å². The number of benzene rings is 1. The number of amides is 3. The average molecular weight is 285 g/mol. The van der Waals surface area contributed by atoms with E-state index in [-0.39, 0.29) is 5.91 Å². The van der Waals surface area contributed by atoms with Gasteiger partial charge in [-0.05, 0) is 24.6 Å². The van der Waals surface area contributed by atoms with Gasteiger partial charge < -0.3 is 5.32 Å². The predicted octanol–water partition coefficient (Wildman–Crippen LogP) is 2.99. The molecule has 0 radical (unpaired) electrons. The molecule has 0 spiro atoms. The third kappa shape index (κ3) is 2.35. The molecular weight excluding hydrogens is 275 g/mol. The highest BCUT2D eigenvalue weighted by Gasteiger charge is 2.38. The van der Waals surface area contributed by atoms with Crippen LogP contribution in [0.1, 0.15) is 6.42 Å². The molecule has 1 aliphatic heterocycles. The van der Waals surface area contributed by atoms with Crippen molar-refractivity contribution in [1.82, 2.24) is 5.32 Å². The minimum Gasteiger partial charge on any atom is -0.325 e. The van der Waals surface area contributed by atoms with Gasteiger partial charge in [-0.15, -0.1) is 6.58 Å². The highest BCUT2D eigenvalue weighted by atomic mass is 35.5. The van der Waals surface area contributed by atoms with Crippen LogP contribution in [0.2, 0.25) is 10.0 Å². The van der Waals surface area contributed by atoms with E-state index < -0.39 is 12.1 Å². The number of urea groups is 1. The minimum absolute atomic E-state index is 0.335. The first-order valence-corrected chi connectivity index (χ1v) is 6.00. The molecule has 1 fully saturated rings. The van der Waals surface area contributed by atoms with Crippen LogP contribution < -0.4 is 10.2 Å². The standard InChI is InChI=1S/C12H10Cl2N2O2/c1-2-3-10-11(17)16(12(18)15-10)9-5-7(13)4-8(14)6-9/h2,4-6,10H,1,3H2,(H,15,18). The summed E-state index contributed by atoms with van der Waals surface area (Å²) < 4.78 is 0. The molecule has 0 aromatic heterocycles. The van der Waals surface area contributed by atoms with E-state index in [4.69, 9.17) is 23.2 Å². The Morgan fingerprint density at radius 2 is 1.89 bits per heavy atom. The van der Waals surface area contributed by atoms with Crippen LogP contribution in [0.5, 0.6) is 0 Å². The van der Waals surface area contributed by atoms with Crippen molar-refractivity contribution in [2.45, 2.75) is 12.5 Å². The summed E-state index contributed by atoms with van der Waals surface area (Å²) in [7, 11) is 0. The fraction of sp³-hybridized carbons (Fsp3) is 0.167. The molecule has 3 amide bonds. The first kappa shape index (κ1) is 12.9. The van der Waals surface area contributed by atoms with Gasteiger partial charge in [-0.2, -0.15) is 0 Å². The van der Waals surface area contributed by atoms with Crippen LogP contribution in [0, 0.1) is 0 Å². The summed E-state index contributed by atoms with van der Waals surface area (Å²) >= 11 is 11.7. The molecule has 0 aliphatic carbocycles. The van der Waals surface area contributed by atoms with Crippen LogP contribution in [-0.4, -0.2) is 18.0 Å². The molecule has 0 saturated carbocycles. The molecule has 0 bridgehead atoms. The highest BCUT2D eigenvalue weighted by molar-refractivity contribution is 6.35. The molecule has 1 saturated heterocycles. The van der Waals surface area contributed by atoms with Crippen molar-refractivity contribution in [2.24, 2.45) is 0 Å². The van der Waals surface area contributed by atoms with Crippen molar-refractivity contribution < 1.29 is 9.59 Å². The Balaban J connectivity index is 2.35. The van der Waals surface area contributed by atoms with Crippen LogP contribution in [-0.2, 0) is 4.79 Å². The van der Waals surface area contributed by atoms with Gasteiger partial charge in [0.05, 0.1) is 5.69 Å². The zero-order valence-electron chi connectivity index (χ0n) is 9.32. The summed E-state index contributed by atoms with van der Waals surface area (Å²) in [5.41, 5.74) is 0.363. The maximum atomic E-state index is 12.0. The summed E-state index contributed by atoms with van der Waals surface area (Å²) in [5.74, 6) is -0.335. The summed E-state index contributed by atoms with van der Waals surface area (Å²) in [6, 6.07) is 3.51. The van der Waals surface area contributed by atoms with Crippen molar-refractivity contribution in [1.29, 1.82) is 0 Å². The molecule has 1 unspecified atom stereocenters. The Hall–Kier alpha value is -1.52. The minimum atomic E-state index is -0.576. The first-order chi connectivity index (χ1) is 8.52. The number of carbonyl (C=O) groups is 2. The Labute approximate surface area is 114 Å². The van der Waals surface area contributed by atoms with E-state index in [1.54, 1.807) is 6.08 Å². The largest absolute Gasteiger partial charge is 0.329 e. The second-order valence-electron chi connectivity index (χ2n) is 3.83. The number of hydrogen-bond acceptors (Lipinski definition) is 2. The lowest BCUT2D eigenvalue weighted by Crippen LogP contribution is -2.31. The topological polar surface area (TPSA) is 49.4 Å². The molecule has 1 heterocycles. The number of hydrogen-bond donors (Lipinski definition) is 1. The fourth-order valence-electron chi connectivity index (χ4n) is 1.77. The van der Waals surface area contributed by atoms with E-state index in [0.29, 0.717) is 22.2 Å². The van der Waals surface area contributed by atoms with E-state index in [2.05, 4.69) is 11.9 Å². The Morgan fingerprint density at radius 3 is 2.44 bits per heavy atom. The molecule has 1 atom stereocenters. The Morgan fingerprint density at radius 1 is 1.28 bits per heavy atom. The zero-order chi connectivity index (χ0) is 13.3. The van der Waals surface area contributed by atoms with Gasteiger partial charge in [0.15, 0.2) is 0 Å². The van der Waals surface area contributed by atoms with Gasteiger partial charge in [0.25, 0.3) is 5.91 Å². The SMILES string of the molecule is C=CCC1NC(=O)N(c2cc(Cl)cc(Cl)c2)C1=O. The third-order valence-corrected chi connectivity index (χ3v) is 2.96. The number of carbonyl (C=O) groups excluding carboxylic acids is 2. The smallest absolute Gasteiger partial charge is 0.325 e. The molecule has 1 aromatic rings. The zero-order valence-corrected chi connectivity index (χ0v) is 10.8. The number of nitrogens with one attached hydrogen (secondary N) is 1. The summed E-state index contributed by atoms with van der Waals surface area (Å²) in [5, 5.41) is 3.30. The second-order valence-corrected chi connectivity index (χ2v) is 4.70. The van der Waals surface area contributed by atoms with Gasteiger partial charge in [-0.3, -0.25) is 4.79 Å². The van der Waals surface area contributed by atoms with E-state index in [0.717, 1.165) is 4.90 Å². The van der Waals surface area contributed by atoms with Crippen LogP contribution in [0.25, 0.3) is 0 Å². The van der Waals surface area contributed by atoms with Gasteiger partial charge in [-0.1, -0.05) is 29.3 Å². The lowest BCUT2D eigenvalue weighted by Gasteiger charge is -2.13. The number of nitrogens with zero attached hydrogens (tertiary/aromatic N) is 1. The second kappa shape index (κ2) is 5.00. The van der Waals surface area contributed by atoms with E-state index in [9.17, 15) is 9.59 Å². The Kier molecular flexibility index (Phi) is 3.59.